The first-order valence-electron chi connectivity index (χ1n) is 8.11. The number of para-hydroxylation sites is 1. The Morgan fingerprint density at radius 3 is 2.58 bits per heavy atom. The van der Waals surface area contributed by atoms with Gasteiger partial charge in [0.05, 0.1) is 16.9 Å². The molecule has 9 heteroatoms. The molecule has 0 aliphatic carbocycles. The second-order valence-electron chi connectivity index (χ2n) is 6.11. The number of aromatic nitrogens is 2. The molecule has 0 spiro atoms. The van der Waals surface area contributed by atoms with Crippen molar-refractivity contribution in [3.8, 4) is 5.69 Å². The van der Waals surface area contributed by atoms with Gasteiger partial charge in [0.15, 0.2) is 0 Å². The van der Waals surface area contributed by atoms with Crippen LogP contribution in [0.2, 0.25) is 0 Å². The van der Waals surface area contributed by atoms with Crippen molar-refractivity contribution in [3.05, 3.63) is 41.6 Å². The fourth-order valence-corrected chi connectivity index (χ4v) is 2.98. The molecule has 26 heavy (non-hydrogen) atoms. The zero-order valence-corrected chi connectivity index (χ0v) is 15.0. The standard InChI is InChI=1S/C17H19F3N4O.ClH/c1-11-10-15(22-16(25)12-6-8-21-9-7-12)24(23-11)14-5-3-2-4-13(14)17(18,19)20;/h2-5,10,12,21H,6-9H2,1H3,(H,22,25);1H. The lowest BCUT2D eigenvalue weighted by Gasteiger charge is -2.22. The second-order valence-corrected chi connectivity index (χ2v) is 6.11. The molecule has 1 amide bonds. The van der Waals surface area contributed by atoms with E-state index in [1.807, 2.05) is 0 Å². The molecule has 0 atom stereocenters. The molecule has 5 nitrogen and oxygen atoms in total. The summed E-state index contributed by atoms with van der Waals surface area (Å²) in [6.07, 6.45) is -3.09. The van der Waals surface area contributed by atoms with Gasteiger partial charge in [0.1, 0.15) is 5.82 Å². The molecule has 0 saturated carbocycles. The highest BCUT2D eigenvalue weighted by Crippen LogP contribution is 2.34. The van der Waals surface area contributed by atoms with Crippen LogP contribution < -0.4 is 10.6 Å². The van der Waals surface area contributed by atoms with Crippen LogP contribution in [-0.4, -0.2) is 28.8 Å². The van der Waals surface area contributed by atoms with Crippen LogP contribution >= 0.6 is 12.4 Å². The average Bonchev–Trinajstić information content (AvgIpc) is 2.95. The minimum absolute atomic E-state index is 0. The first kappa shape index (κ1) is 20.3. The highest BCUT2D eigenvalue weighted by Gasteiger charge is 2.34. The number of nitrogens with one attached hydrogen (secondary N) is 2. The quantitative estimate of drug-likeness (QED) is 0.845. The lowest BCUT2D eigenvalue weighted by atomic mass is 9.97. The number of anilines is 1. The van der Waals surface area contributed by atoms with E-state index >= 15 is 0 Å². The van der Waals surface area contributed by atoms with Crippen molar-refractivity contribution in [1.29, 1.82) is 0 Å². The van der Waals surface area contributed by atoms with E-state index in [1.54, 1.807) is 13.0 Å². The third-order valence-electron chi connectivity index (χ3n) is 4.23. The fourth-order valence-electron chi connectivity index (χ4n) is 2.98. The van der Waals surface area contributed by atoms with Gasteiger partial charge in [-0.05, 0) is 45.0 Å². The van der Waals surface area contributed by atoms with E-state index in [-0.39, 0.29) is 35.7 Å². The maximum Gasteiger partial charge on any atom is 0.418 e. The van der Waals surface area contributed by atoms with Crippen molar-refractivity contribution >= 4 is 24.1 Å². The first-order chi connectivity index (χ1) is 11.9. The van der Waals surface area contributed by atoms with Crippen LogP contribution in [0.25, 0.3) is 5.69 Å². The predicted octanol–water partition coefficient (Wildman–Crippen LogP) is 3.56. The number of amides is 1. The first-order valence-corrected chi connectivity index (χ1v) is 8.11. The van der Waals surface area contributed by atoms with Gasteiger partial charge in [-0.1, -0.05) is 12.1 Å². The molecular formula is C17H20ClF3N4O. The summed E-state index contributed by atoms with van der Waals surface area (Å²) in [7, 11) is 0. The van der Waals surface area contributed by atoms with Crippen molar-refractivity contribution < 1.29 is 18.0 Å². The second kappa shape index (κ2) is 8.09. The molecule has 1 saturated heterocycles. The van der Waals surface area contributed by atoms with Crippen LogP contribution in [0, 0.1) is 12.8 Å². The number of aryl methyl sites for hydroxylation is 1. The van der Waals surface area contributed by atoms with Gasteiger partial charge in [0, 0.05) is 12.0 Å². The van der Waals surface area contributed by atoms with Gasteiger partial charge in [0.25, 0.3) is 0 Å². The molecule has 2 heterocycles. The fraction of sp³-hybridized carbons (Fsp3) is 0.412. The van der Waals surface area contributed by atoms with Crippen LogP contribution in [0.5, 0.6) is 0 Å². The average molecular weight is 389 g/mol. The van der Waals surface area contributed by atoms with E-state index in [0.717, 1.165) is 23.8 Å². The number of halogens is 4. The maximum atomic E-state index is 13.3. The normalized spacial score (nSPS) is 15.4. The zero-order valence-electron chi connectivity index (χ0n) is 14.1. The SMILES string of the molecule is Cc1cc(NC(=O)C2CCNCC2)n(-c2ccccc2C(F)(F)F)n1.Cl. The lowest BCUT2D eigenvalue weighted by Crippen LogP contribution is -2.35. The number of alkyl halides is 3. The number of benzene rings is 1. The number of rotatable bonds is 3. The summed E-state index contributed by atoms with van der Waals surface area (Å²) in [6, 6.07) is 6.77. The topological polar surface area (TPSA) is 59.0 Å². The smallest absolute Gasteiger partial charge is 0.317 e. The maximum absolute atomic E-state index is 13.3. The van der Waals surface area contributed by atoms with Gasteiger partial charge in [-0.15, -0.1) is 12.4 Å². The number of piperidine rings is 1. The van der Waals surface area contributed by atoms with Gasteiger partial charge in [-0.3, -0.25) is 4.79 Å². The van der Waals surface area contributed by atoms with Crippen molar-refractivity contribution in [2.45, 2.75) is 25.9 Å². The number of carbonyl (C=O) groups is 1. The van der Waals surface area contributed by atoms with E-state index in [2.05, 4.69) is 15.7 Å². The van der Waals surface area contributed by atoms with Gasteiger partial charge >= 0.3 is 6.18 Å². The minimum Gasteiger partial charge on any atom is -0.317 e. The van der Waals surface area contributed by atoms with Crippen molar-refractivity contribution in [2.75, 3.05) is 18.4 Å². The molecule has 1 aromatic carbocycles. The van der Waals surface area contributed by atoms with Gasteiger partial charge < -0.3 is 10.6 Å². The zero-order chi connectivity index (χ0) is 18.0. The van der Waals surface area contributed by atoms with Gasteiger partial charge in [-0.25, -0.2) is 4.68 Å². The molecule has 0 radical (unpaired) electrons. The number of hydrogen-bond acceptors (Lipinski definition) is 3. The minimum atomic E-state index is -4.51. The highest BCUT2D eigenvalue weighted by molar-refractivity contribution is 5.92. The van der Waals surface area contributed by atoms with Gasteiger partial charge in [-0.2, -0.15) is 18.3 Å². The van der Waals surface area contributed by atoms with E-state index in [4.69, 9.17) is 0 Å². The van der Waals surface area contributed by atoms with Crippen molar-refractivity contribution in [3.63, 3.8) is 0 Å². The van der Waals surface area contributed by atoms with Crippen molar-refractivity contribution in [1.82, 2.24) is 15.1 Å². The summed E-state index contributed by atoms with van der Waals surface area (Å²) in [5.41, 5.74) is -0.378. The molecule has 2 aromatic rings. The molecular weight excluding hydrogens is 369 g/mol. The van der Waals surface area contributed by atoms with E-state index in [1.165, 1.54) is 18.2 Å². The molecule has 1 fully saturated rings. The Balaban J connectivity index is 0.00000243. The molecule has 0 unspecified atom stereocenters. The Morgan fingerprint density at radius 1 is 1.27 bits per heavy atom. The molecule has 3 rings (SSSR count). The lowest BCUT2D eigenvalue weighted by molar-refractivity contribution is -0.137. The number of nitrogens with zero attached hydrogens (tertiary/aromatic N) is 2. The highest BCUT2D eigenvalue weighted by atomic mass is 35.5. The van der Waals surface area contributed by atoms with Crippen LogP contribution in [-0.2, 0) is 11.0 Å². The van der Waals surface area contributed by atoms with Crippen LogP contribution in [0.4, 0.5) is 19.0 Å². The summed E-state index contributed by atoms with van der Waals surface area (Å²) >= 11 is 0. The van der Waals surface area contributed by atoms with E-state index in [9.17, 15) is 18.0 Å². The number of carbonyl (C=O) groups excluding carboxylic acids is 1. The largest absolute Gasteiger partial charge is 0.418 e. The Hall–Kier alpha value is -2.06. The van der Waals surface area contributed by atoms with Gasteiger partial charge in [0.2, 0.25) is 5.91 Å². The molecule has 1 aliphatic rings. The Morgan fingerprint density at radius 2 is 1.92 bits per heavy atom. The molecule has 142 valence electrons. The molecule has 0 bridgehead atoms. The Bertz CT molecular complexity index is 770. The summed E-state index contributed by atoms with van der Waals surface area (Å²) in [5.74, 6) is -0.0901. The molecule has 2 N–H and O–H groups in total. The van der Waals surface area contributed by atoms with Crippen LogP contribution in [0.15, 0.2) is 30.3 Å². The van der Waals surface area contributed by atoms with Crippen LogP contribution in [0.1, 0.15) is 24.1 Å². The van der Waals surface area contributed by atoms with Crippen molar-refractivity contribution in [2.24, 2.45) is 5.92 Å². The Labute approximate surface area is 155 Å². The predicted molar refractivity (Wildman–Crippen MR) is 94.8 cm³/mol. The van der Waals surface area contributed by atoms with E-state index < -0.39 is 11.7 Å². The van der Waals surface area contributed by atoms with E-state index in [0.29, 0.717) is 18.5 Å². The molecule has 1 aromatic heterocycles. The third kappa shape index (κ3) is 4.37. The number of hydrogen-bond donors (Lipinski definition) is 2. The summed E-state index contributed by atoms with van der Waals surface area (Å²) < 4.78 is 41.0. The monoisotopic (exact) mass is 388 g/mol. The van der Waals surface area contributed by atoms with Crippen LogP contribution in [0.3, 0.4) is 0 Å². The molecule has 1 aliphatic heterocycles. The summed E-state index contributed by atoms with van der Waals surface area (Å²) in [4.78, 5) is 12.4. The Kier molecular flexibility index (Phi) is 6.30. The third-order valence-corrected chi connectivity index (χ3v) is 4.23. The summed E-state index contributed by atoms with van der Waals surface area (Å²) in [5, 5.41) is 10.1. The summed E-state index contributed by atoms with van der Waals surface area (Å²) in [6.45, 7) is 3.19.